The zero-order valence-electron chi connectivity index (χ0n) is 13.5. The Morgan fingerprint density at radius 1 is 1.14 bits per heavy atom. The molecule has 0 bridgehead atoms. The Hall–Kier alpha value is -0.610. The van der Waals surface area contributed by atoms with Crippen LogP contribution in [0.25, 0.3) is 0 Å². The lowest BCUT2D eigenvalue weighted by Gasteiger charge is -2.24. The molecule has 0 radical (unpaired) electrons. The molecule has 118 valence electrons. The van der Waals surface area contributed by atoms with Crippen LogP contribution in [0.2, 0.25) is 0 Å². The van der Waals surface area contributed by atoms with Gasteiger partial charge in [-0.15, -0.1) is 11.3 Å². The van der Waals surface area contributed by atoms with E-state index in [1.54, 1.807) is 0 Å². The van der Waals surface area contributed by atoms with E-state index in [9.17, 15) is 0 Å². The van der Waals surface area contributed by atoms with Crippen molar-refractivity contribution in [3.63, 3.8) is 0 Å². The summed E-state index contributed by atoms with van der Waals surface area (Å²) in [5.41, 5.74) is 1.32. The monoisotopic (exact) mass is 307 g/mol. The van der Waals surface area contributed by atoms with E-state index in [4.69, 9.17) is 4.98 Å². The number of nitrogens with one attached hydrogen (secondary N) is 1. The Morgan fingerprint density at radius 3 is 2.43 bits per heavy atom. The van der Waals surface area contributed by atoms with Gasteiger partial charge in [-0.25, -0.2) is 4.98 Å². The van der Waals surface area contributed by atoms with E-state index in [-0.39, 0.29) is 0 Å². The van der Waals surface area contributed by atoms with Crippen LogP contribution in [0.1, 0.15) is 75.3 Å². The summed E-state index contributed by atoms with van der Waals surface area (Å²) in [4.78, 5) is 9.01. The summed E-state index contributed by atoms with van der Waals surface area (Å²) >= 11 is 1.93. The van der Waals surface area contributed by atoms with Gasteiger partial charge >= 0.3 is 0 Å². The van der Waals surface area contributed by atoms with Crippen molar-refractivity contribution in [1.82, 2.24) is 10.3 Å². The minimum atomic E-state index is 0.528. The summed E-state index contributed by atoms with van der Waals surface area (Å²) in [6, 6.07) is 0.775. The predicted molar refractivity (Wildman–Crippen MR) is 91.4 cm³/mol. The molecule has 2 fully saturated rings. The average molecular weight is 308 g/mol. The average Bonchev–Trinajstić information content (AvgIpc) is 3.15. The second kappa shape index (κ2) is 7.10. The van der Waals surface area contributed by atoms with Crippen LogP contribution >= 0.6 is 11.3 Å². The minimum absolute atomic E-state index is 0.528. The second-order valence-corrected chi connectivity index (χ2v) is 7.93. The third-order valence-corrected chi connectivity index (χ3v) is 5.65. The van der Waals surface area contributed by atoms with Crippen molar-refractivity contribution >= 4 is 16.5 Å². The summed E-state index contributed by atoms with van der Waals surface area (Å²) in [6.07, 6.45) is 9.55. The van der Waals surface area contributed by atoms with Gasteiger partial charge in [0.1, 0.15) is 0 Å². The van der Waals surface area contributed by atoms with Gasteiger partial charge in [-0.05, 0) is 31.6 Å². The summed E-state index contributed by atoms with van der Waals surface area (Å²) in [5.74, 6) is 0.528. The molecule has 1 aliphatic heterocycles. The first-order valence-corrected chi connectivity index (χ1v) is 9.53. The molecule has 1 aliphatic carbocycles. The van der Waals surface area contributed by atoms with Gasteiger partial charge in [0.05, 0.1) is 5.69 Å². The van der Waals surface area contributed by atoms with Crippen molar-refractivity contribution in [3.8, 4) is 0 Å². The molecule has 2 aliphatic rings. The molecule has 0 atom stereocenters. The Balaban J connectivity index is 1.71. The van der Waals surface area contributed by atoms with Crippen LogP contribution in [-0.2, 0) is 6.54 Å². The Bertz CT molecular complexity index is 443. The fraction of sp³-hybridized carbons (Fsp3) is 0.824. The normalized spacial score (nSPS) is 20.6. The zero-order valence-corrected chi connectivity index (χ0v) is 14.3. The third-order valence-electron chi connectivity index (χ3n) is 4.52. The van der Waals surface area contributed by atoms with E-state index >= 15 is 0 Å². The minimum Gasteiger partial charge on any atom is -0.348 e. The maximum Gasteiger partial charge on any atom is 0.185 e. The molecule has 0 spiro atoms. The molecule has 1 aromatic heterocycles. The van der Waals surface area contributed by atoms with Crippen LogP contribution in [0.3, 0.4) is 0 Å². The molecule has 0 aromatic carbocycles. The number of hydrogen-bond acceptors (Lipinski definition) is 4. The Morgan fingerprint density at radius 2 is 1.81 bits per heavy atom. The highest BCUT2D eigenvalue weighted by atomic mass is 32.1. The molecular formula is C17H29N3S. The molecule has 1 saturated heterocycles. The molecule has 3 rings (SSSR count). The molecule has 1 saturated carbocycles. The van der Waals surface area contributed by atoms with Crippen molar-refractivity contribution in [1.29, 1.82) is 0 Å². The number of nitrogens with zero attached hydrogens (tertiary/aromatic N) is 2. The molecular weight excluding hydrogens is 278 g/mol. The van der Waals surface area contributed by atoms with Gasteiger partial charge in [0, 0.05) is 30.6 Å². The van der Waals surface area contributed by atoms with Gasteiger partial charge in [0.25, 0.3) is 0 Å². The summed E-state index contributed by atoms with van der Waals surface area (Å²) in [7, 11) is 0. The fourth-order valence-corrected chi connectivity index (χ4v) is 4.24. The molecule has 2 heterocycles. The third kappa shape index (κ3) is 4.19. The molecule has 3 nitrogen and oxygen atoms in total. The lowest BCUT2D eigenvalue weighted by Crippen LogP contribution is -2.26. The van der Waals surface area contributed by atoms with Crippen LogP contribution in [-0.4, -0.2) is 24.1 Å². The molecule has 0 unspecified atom stereocenters. The van der Waals surface area contributed by atoms with Gasteiger partial charge in [-0.1, -0.05) is 33.1 Å². The summed E-state index contributed by atoms with van der Waals surface area (Å²) in [5, 5.41) is 4.93. The van der Waals surface area contributed by atoms with Gasteiger partial charge in [-0.3, -0.25) is 0 Å². The van der Waals surface area contributed by atoms with Gasteiger partial charge < -0.3 is 10.2 Å². The first-order chi connectivity index (χ1) is 10.2. The molecule has 1 aromatic rings. The number of anilines is 1. The largest absolute Gasteiger partial charge is 0.348 e. The maximum atomic E-state index is 5.01. The fourth-order valence-electron chi connectivity index (χ4n) is 3.03. The quantitative estimate of drug-likeness (QED) is 0.879. The van der Waals surface area contributed by atoms with E-state index < -0.39 is 0 Å². The van der Waals surface area contributed by atoms with E-state index in [2.05, 4.69) is 24.1 Å². The van der Waals surface area contributed by atoms with Crippen molar-refractivity contribution < 1.29 is 0 Å². The van der Waals surface area contributed by atoms with Gasteiger partial charge in [0.2, 0.25) is 0 Å². The van der Waals surface area contributed by atoms with Crippen LogP contribution in [0.4, 0.5) is 5.13 Å². The summed E-state index contributed by atoms with van der Waals surface area (Å²) in [6.45, 7) is 7.95. The van der Waals surface area contributed by atoms with Crippen LogP contribution < -0.4 is 10.2 Å². The first-order valence-electron chi connectivity index (χ1n) is 8.72. The molecule has 0 amide bonds. The van der Waals surface area contributed by atoms with E-state index in [0.717, 1.165) is 12.6 Å². The van der Waals surface area contributed by atoms with Crippen molar-refractivity contribution in [2.75, 3.05) is 18.0 Å². The number of hydrogen-bond donors (Lipinski definition) is 1. The van der Waals surface area contributed by atoms with Gasteiger partial charge in [-0.2, -0.15) is 0 Å². The Kier molecular flexibility index (Phi) is 5.17. The predicted octanol–water partition coefficient (Wildman–Crippen LogP) is 4.29. The zero-order chi connectivity index (χ0) is 14.7. The van der Waals surface area contributed by atoms with Crippen molar-refractivity contribution in [2.24, 2.45) is 0 Å². The summed E-state index contributed by atoms with van der Waals surface area (Å²) < 4.78 is 0. The topological polar surface area (TPSA) is 28.2 Å². The van der Waals surface area contributed by atoms with Gasteiger partial charge in [0.15, 0.2) is 5.13 Å². The number of thiazole rings is 1. The lowest BCUT2D eigenvalue weighted by molar-refractivity contribution is 0.555. The molecule has 1 N–H and O–H groups in total. The smallest absolute Gasteiger partial charge is 0.185 e. The van der Waals surface area contributed by atoms with Crippen LogP contribution in [0, 0.1) is 0 Å². The highest BCUT2D eigenvalue weighted by Crippen LogP contribution is 2.32. The van der Waals surface area contributed by atoms with E-state index in [1.165, 1.54) is 73.7 Å². The second-order valence-electron chi connectivity index (χ2n) is 6.87. The van der Waals surface area contributed by atoms with E-state index in [0.29, 0.717) is 5.92 Å². The highest BCUT2D eigenvalue weighted by Gasteiger charge is 2.23. The van der Waals surface area contributed by atoms with Crippen LogP contribution in [0.15, 0.2) is 0 Å². The number of aromatic nitrogens is 1. The lowest BCUT2D eigenvalue weighted by atomic mass is 10.1. The SMILES string of the molecule is CC(C)c1nc(N2CCCCCCC2)sc1CNC1CC1. The van der Waals surface area contributed by atoms with Crippen molar-refractivity contribution in [2.45, 2.75) is 77.3 Å². The van der Waals surface area contributed by atoms with Crippen molar-refractivity contribution in [3.05, 3.63) is 10.6 Å². The van der Waals surface area contributed by atoms with E-state index in [1.807, 2.05) is 11.3 Å². The molecule has 21 heavy (non-hydrogen) atoms. The maximum absolute atomic E-state index is 5.01. The molecule has 4 heteroatoms. The van der Waals surface area contributed by atoms with Crippen LogP contribution in [0.5, 0.6) is 0 Å². The Labute approximate surface area is 133 Å². The highest BCUT2D eigenvalue weighted by molar-refractivity contribution is 7.15. The number of rotatable bonds is 5. The standard InChI is InChI=1S/C17H29N3S/c1-13(2)16-15(12-18-14-8-9-14)21-17(19-16)20-10-6-4-3-5-7-11-20/h13-14,18H,3-12H2,1-2H3. The first kappa shape index (κ1) is 15.3.